The van der Waals surface area contributed by atoms with Gasteiger partial charge in [0.25, 0.3) is 0 Å². The molecule has 17 heavy (non-hydrogen) atoms. The monoisotopic (exact) mass is 248 g/mol. The zero-order chi connectivity index (χ0) is 12.3. The van der Waals surface area contributed by atoms with E-state index in [-0.39, 0.29) is 4.75 Å². The average molecular weight is 248 g/mol. The first-order valence-corrected chi connectivity index (χ1v) is 7.05. The van der Waals surface area contributed by atoms with E-state index in [0.29, 0.717) is 0 Å². The predicted molar refractivity (Wildman–Crippen MR) is 75.1 cm³/mol. The van der Waals surface area contributed by atoms with Crippen molar-refractivity contribution < 1.29 is 0 Å². The van der Waals surface area contributed by atoms with Crippen molar-refractivity contribution in [3.8, 4) is 0 Å². The van der Waals surface area contributed by atoms with Gasteiger partial charge in [-0.25, -0.2) is 4.98 Å². The summed E-state index contributed by atoms with van der Waals surface area (Å²) in [7, 11) is 0. The van der Waals surface area contributed by atoms with Gasteiger partial charge in [0.2, 0.25) is 0 Å². The van der Waals surface area contributed by atoms with Gasteiger partial charge in [0.05, 0.1) is 5.03 Å². The summed E-state index contributed by atoms with van der Waals surface area (Å²) in [6, 6.07) is 4.27. The first-order valence-electron chi connectivity index (χ1n) is 6.23. The van der Waals surface area contributed by atoms with Crippen LogP contribution in [0.1, 0.15) is 45.6 Å². The minimum absolute atomic E-state index is 0.219. The normalized spacial score (nSPS) is 16.8. The van der Waals surface area contributed by atoms with E-state index in [9.17, 15) is 0 Å². The van der Waals surface area contributed by atoms with Gasteiger partial charge in [-0.1, -0.05) is 20.8 Å². The molecular weight excluding hydrogens is 228 g/mol. The van der Waals surface area contributed by atoms with E-state index in [1.54, 1.807) is 11.8 Å². The molecule has 1 aromatic heterocycles. The molecule has 3 heteroatoms. The van der Waals surface area contributed by atoms with Crippen LogP contribution in [0.2, 0.25) is 0 Å². The van der Waals surface area contributed by atoms with Gasteiger partial charge in [0, 0.05) is 28.8 Å². The number of nitrogens with zero attached hydrogens (tertiary/aromatic N) is 2. The molecule has 1 aliphatic rings. The molecule has 0 aliphatic carbocycles. The molecule has 2 rings (SSSR count). The van der Waals surface area contributed by atoms with Crippen LogP contribution in [0.3, 0.4) is 0 Å². The molecular formula is C14H20N2S. The molecule has 1 aliphatic heterocycles. The Labute approximate surface area is 108 Å². The van der Waals surface area contributed by atoms with Crippen molar-refractivity contribution >= 4 is 17.5 Å². The summed E-state index contributed by atoms with van der Waals surface area (Å²) in [6.45, 7) is 7.60. The number of rotatable bonds is 2. The molecule has 0 N–H and O–H groups in total. The van der Waals surface area contributed by atoms with Crippen molar-refractivity contribution in [2.75, 3.05) is 6.54 Å². The van der Waals surface area contributed by atoms with Crippen molar-refractivity contribution in [1.82, 2.24) is 4.98 Å². The standard InChI is InChI=1S/C14H20N2S/c1-14(2,3)17-13-8-7-11(10-16-13)12-6-4-5-9-15-12/h7-8,10H,4-6,9H2,1-3H3. The summed E-state index contributed by atoms with van der Waals surface area (Å²) in [6.07, 6.45) is 5.57. The lowest BCUT2D eigenvalue weighted by molar-refractivity contribution is 0.738. The number of aliphatic imine (C=N–C) groups is 1. The van der Waals surface area contributed by atoms with E-state index in [4.69, 9.17) is 0 Å². The fraction of sp³-hybridized carbons (Fsp3) is 0.571. The SMILES string of the molecule is CC(C)(C)Sc1ccc(C2=NCCCC2)cn1. The zero-order valence-electron chi connectivity index (χ0n) is 10.9. The molecule has 0 spiro atoms. The largest absolute Gasteiger partial charge is 0.289 e. The maximum atomic E-state index is 4.57. The molecule has 0 radical (unpaired) electrons. The minimum atomic E-state index is 0.219. The Hall–Kier alpha value is -0.830. The summed E-state index contributed by atoms with van der Waals surface area (Å²) in [4.78, 5) is 9.10. The molecule has 0 saturated carbocycles. The van der Waals surface area contributed by atoms with Crippen LogP contribution in [0.5, 0.6) is 0 Å². The predicted octanol–water partition coefficient (Wildman–Crippen LogP) is 3.95. The number of aromatic nitrogens is 1. The average Bonchev–Trinajstić information content (AvgIpc) is 2.29. The number of hydrogen-bond acceptors (Lipinski definition) is 3. The van der Waals surface area contributed by atoms with Gasteiger partial charge in [-0.05, 0) is 31.4 Å². The third-order valence-electron chi connectivity index (χ3n) is 2.60. The highest BCUT2D eigenvalue weighted by atomic mass is 32.2. The summed E-state index contributed by atoms with van der Waals surface area (Å²) in [5, 5.41) is 1.10. The van der Waals surface area contributed by atoms with E-state index >= 15 is 0 Å². The number of thioether (sulfide) groups is 1. The second-order valence-electron chi connectivity index (χ2n) is 5.39. The Morgan fingerprint density at radius 2 is 2.00 bits per heavy atom. The Morgan fingerprint density at radius 1 is 1.18 bits per heavy atom. The topological polar surface area (TPSA) is 25.2 Å². The van der Waals surface area contributed by atoms with Crippen molar-refractivity contribution in [1.29, 1.82) is 0 Å². The zero-order valence-corrected chi connectivity index (χ0v) is 11.7. The van der Waals surface area contributed by atoms with Crippen LogP contribution in [-0.4, -0.2) is 22.0 Å². The third-order valence-corrected chi connectivity index (χ3v) is 3.67. The second kappa shape index (κ2) is 5.21. The van der Waals surface area contributed by atoms with Crippen LogP contribution in [0.4, 0.5) is 0 Å². The summed E-state index contributed by atoms with van der Waals surface area (Å²) >= 11 is 1.81. The minimum Gasteiger partial charge on any atom is -0.289 e. The molecule has 1 aromatic rings. The Kier molecular flexibility index (Phi) is 3.87. The summed E-state index contributed by atoms with van der Waals surface area (Å²) < 4.78 is 0.219. The lowest BCUT2D eigenvalue weighted by atomic mass is 10.0. The highest BCUT2D eigenvalue weighted by molar-refractivity contribution is 8.00. The van der Waals surface area contributed by atoms with Crippen molar-refractivity contribution in [3.05, 3.63) is 23.9 Å². The number of pyridine rings is 1. The lowest BCUT2D eigenvalue weighted by Crippen LogP contribution is -2.09. The van der Waals surface area contributed by atoms with Crippen LogP contribution in [-0.2, 0) is 0 Å². The molecule has 0 saturated heterocycles. The first kappa shape index (κ1) is 12.6. The molecule has 0 aromatic carbocycles. The van der Waals surface area contributed by atoms with Gasteiger partial charge in [-0.2, -0.15) is 0 Å². The highest BCUT2D eigenvalue weighted by Gasteiger charge is 2.13. The third kappa shape index (κ3) is 3.84. The van der Waals surface area contributed by atoms with E-state index in [1.165, 1.54) is 24.1 Å². The lowest BCUT2D eigenvalue weighted by Gasteiger charge is -2.17. The fourth-order valence-electron chi connectivity index (χ4n) is 1.86. The second-order valence-corrected chi connectivity index (χ2v) is 7.23. The van der Waals surface area contributed by atoms with Gasteiger partial charge in [-0.15, -0.1) is 11.8 Å². The van der Waals surface area contributed by atoms with Crippen LogP contribution < -0.4 is 0 Å². The van der Waals surface area contributed by atoms with Crippen LogP contribution >= 0.6 is 11.8 Å². The molecule has 0 bridgehead atoms. The molecule has 0 unspecified atom stereocenters. The maximum absolute atomic E-state index is 4.57. The smallest absolute Gasteiger partial charge is 0.0965 e. The van der Waals surface area contributed by atoms with E-state index < -0.39 is 0 Å². The Bertz CT molecular complexity index is 401. The highest BCUT2D eigenvalue weighted by Crippen LogP contribution is 2.30. The fourth-order valence-corrected chi connectivity index (χ4v) is 2.73. The van der Waals surface area contributed by atoms with Crippen LogP contribution in [0.15, 0.2) is 28.3 Å². The van der Waals surface area contributed by atoms with E-state index in [0.717, 1.165) is 18.0 Å². The molecule has 0 atom stereocenters. The molecule has 0 fully saturated rings. The van der Waals surface area contributed by atoms with Crippen molar-refractivity contribution in [2.24, 2.45) is 4.99 Å². The first-order chi connectivity index (χ1) is 8.04. The summed E-state index contributed by atoms with van der Waals surface area (Å²) in [5.41, 5.74) is 2.43. The van der Waals surface area contributed by atoms with Gasteiger partial charge in [0.15, 0.2) is 0 Å². The Morgan fingerprint density at radius 3 is 2.53 bits per heavy atom. The maximum Gasteiger partial charge on any atom is 0.0965 e. The van der Waals surface area contributed by atoms with E-state index in [1.807, 2.05) is 6.20 Å². The van der Waals surface area contributed by atoms with Gasteiger partial charge in [0.1, 0.15) is 0 Å². The van der Waals surface area contributed by atoms with Gasteiger partial charge < -0.3 is 0 Å². The molecule has 0 amide bonds. The van der Waals surface area contributed by atoms with Crippen molar-refractivity contribution in [2.45, 2.75) is 49.8 Å². The van der Waals surface area contributed by atoms with Crippen molar-refractivity contribution in [3.63, 3.8) is 0 Å². The number of hydrogen-bond donors (Lipinski definition) is 0. The van der Waals surface area contributed by atoms with E-state index in [2.05, 4.69) is 42.9 Å². The summed E-state index contributed by atoms with van der Waals surface area (Å²) in [5.74, 6) is 0. The van der Waals surface area contributed by atoms with Crippen LogP contribution in [0.25, 0.3) is 0 Å². The molecule has 92 valence electrons. The van der Waals surface area contributed by atoms with Gasteiger partial charge in [-0.3, -0.25) is 4.99 Å². The van der Waals surface area contributed by atoms with Gasteiger partial charge >= 0.3 is 0 Å². The molecule has 2 nitrogen and oxygen atoms in total. The molecule has 2 heterocycles. The Balaban J connectivity index is 2.10. The quantitative estimate of drug-likeness (QED) is 0.741. The van der Waals surface area contributed by atoms with Crippen LogP contribution in [0, 0.1) is 0 Å².